The van der Waals surface area contributed by atoms with Gasteiger partial charge in [0.05, 0.1) is 16.6 Å². The van der Waals surface area contributed by atoms with Crippen LogP contribution in [0, 0.1) is 17.8 Å². The number of urea groups is 1. The molecule has 10 heteroatoms. The molecule has 1 aromatic rings. The number of hydrogen-bond donors (Lipinski definition) is 5. The molecule has 0 bridgehead atoms. The van der Waals surface area contributed by atoms with Crippen LogP contribution in [0.15, 0.2) is 18.2 Å². The van der Waals surface area contributed by atoms with Crippen molar-refractivity contribution in [2.75, 3.05) is 5.32 Å². The minimum Gasteiger partial charge on any atom is -0.481 e. The molecule has 8 nitrogen and oxygen atoms in total. The maximum Gasteiger partial charge on any atom is 0.324 e. The number of carboxylic acid groups (broad SMARTS) is 2. The van der Waals surface area contributed by atoms with Gasteiger partial charge < -0.3 is 26.6 Å². The fraction of sp³-hybridized carbons (Fsp3) is 0.400. The van der Waals surface area contributed by atoms with Crippen molar-refractivity contribution in [1.29, 1.82) is 0 Å². The maximum absolute atomic E-state index is 12.2. The number of halogens is 2. The van der Waals surface area contributed by atoms with Crippen LogP contribution in [0.4, 0.5) is 10.5 Å². The zero-order valence-electron chi connectivity index (χ0n) is 12.7. The van der Waals surface area contributed by atoms with Crippen molar-refractivity contribution in [3.63, 3.8) is 0 Å². The van der Waals surface area contributed by atoms with Crippen molar-refractivity contribution in [3.8, 4) is 0 Å². The molecule has 25 heavy (non-hydrogen) atoms. The van der Waals surface area contributed by atoms with Crippen LogP contribution in [0.2, 0.25) is 10.0 Å². The maximum atomic E-state index is 12.2. The summed E-state index contributed by atoms with van der Waals surface area (Å²) in [5.74, 6) is -4.47. The summed E-state index contributed by atoms with van der Waals surface area (Å²) >= 11 is 11.8. The predicted molar refractivity (Wildman–Crippen MR) is 89.7 cm³/mol. The third-order valence-electron chi connectivity index (χ3n) is 4.87. The van der Waals surface area contributed by atoms with Crippen molar-refractivity contribution in [1.82, 2.24) is 5.32 Å². The highest BCUT2D eigenvalue weighted by molar-refractivity contribution is 6.36. The van der Waals surface area contributed by atoms with E-state index in [-0.39, 0.29) is 11.4 Å². The molecular formula is C15H15Cl2N3O5. The van der Waals surface area contributed by atoms with E-state index in [1.165, 1.54) is 12.1 Å². The number of fused-ring (bicyclic) bond motifs is 1. The summed E-state index contributed by atoms with van der Waals surface area (Å²) < 4.78 is 0. The normalized spacial score (nSPS) is 32.6. The second-order valence-corrected chi connectivity index (χ2v) is 7.19. The minimum absolute atomic E-state index is 0.0385. The summed E-state index contributed by atoms with van der Waals surface area (Å²) in [6.45, 7) is 0. The fourth-order valence-electron chi connectivity index (χ4n) is 3.75. The van der Waals surface area contributed by atoms with Gasteiger partial charge in [-0.3, -0.25) is 9.59 Å². The molecule has 0 saturated heterocycles. The molecule has 2 fully saturated rings. The average Bonchev–Trinajstić information content (AvgIpc) is 3.19. The van der Waals surface area contributed by atoms with Crippen LogP contribution in [0.25, 0.3) is 0 Å². The number of benzene rings is 1. The van der Waals surface area contributed by atoms with Crippen LogP contribution >= 0.6 is 23.2 Å². The standard InChI is InChI=1S/C15H15Cl2N3O5/c16-5-1-2-7(6(17)3-5)19-14(25)20-8-4-15(18,13(23)24)11-9(8)10(11)12(21)22/h1-3,8-11H,4,18H2,(H,21,22)(H,23,24)(H2,19,20,25)/t8-,9-,10-,11-,15-/m0/s1. The molecule has 2 aliphatic rings. The summed E-state index contributed by atoms with van der Waals surface area (Å²) in [4.78, 5) is 34.9. The number of carboxylic acids is 2. The Balaban J connectivity index is 1.71. The lowest BCUT2D eigenvalue weighted by Crippen LogP contribution is -2.52. The van der Waals surface area contributed by atoms with E-state index in [0.717, 1.165) is 0 Å². The Kier molecular flexibility index (Phi) is 4.30. The van der Waals surface area contributed by atoms with E-state index in [9.17, 15) is 24.6 Å². The molecule has 2 aliphatic carbocycles. The summed E-state index contributed by atoms with van der Waals surface area (Å²) in [7, 11) is 0. The number of hydrogen-bond acceptors (Lipinski definition) is 4. The van der Waals surface area contributed by atoms with Gasteiger partial charge in [-0.15, -0.1) is 0 Å². The highest BCUT2D eigenvalue weighted by Gasteiger charge is 2.74. The van der Waals surface area contributed by atoms with Gasteiger partial charge in [0.2, 0.25) is 0 Å². The van der Waals surface area contributed by atoms with Gasteiger partial charge in [0.25, 0.3) is 0 Å². The number of anilines is 1. The summed E-state index contributed by atoms with van der Waals surface area (Å²) in [5.41, 5.74) is 4.56. The molecule has 0 radical (unpaired) electrons. The molecular weight excluding hydrogens is 373 g/mol. The van der Waals surface area contributed by atoms with E-state index in [1.54, 1.807) is 6.07 Å². The van der Waals surface area contributed by atoms with E-state index in [0.29, 0.717) is 10.7 Å². The molecule has 5 atom stereocenters. The molecule has 0 aromatic heterocycles. The number of nitrogens with one attached hydrogen (secondary N) is 2. The van der Waals surface area contributed by atoms with Crippen molar-refractivity contribution in [3.05, 3.63) is 28.2 Å². The molecule has 2 amide bonds. The van der Waals surface area contributed by atoms with Crippen LogP contribution in [0.1, 0.15) is 6.42 Å². The zero-order valence-corrected chi connectivity index (χ0v) is 14.2. The molecule has 0 unspecified atom stereocenters. The van der Waals surface area contributed by atoms with Crippen molar-refractivity contribution < 1.29 is 24.6 Å². The summed E-state index contributed by atoms with van der Waals surface area (Å²) in [6.07, 6.45) is -0.0385. The molecule has 1 aromatic carbocycles. The monoisotopic (exact) mass is 387 g/mol. The lowest BCUT2D eigenvalue weighted by atomic mass is 9.90. The fourth-order valence-corrected chi connectivity index (χ4v) is 4.20. The van der Waals surface area contributed by atoms with Crippen molar-refractivity contribution in [2.24, 2.45) is 23.5 Å². The largest absolute Gasteiger partial charge is 0.481 e. The average molecular weight is 388 g/mol. The molecule has 0 spiro atoms. The number of carbonyl (C=O) groups excluding carboxylic acids is 1. The highest BCUT2D eigenvalue weighted by atomic mass is 35.5. The first-order chi connectivity index (χ1) is 11.6. The zero-order chi connectivity index (χ0) is 18.5. The SMILES string of the molecule is N[C@@]1(C(=O)O)C[C@H](NC(=O)Nc2ccc(Cl)cc2Cl)[C@H]2[C@H](C(=O)O)[C@H]21. The van der Waals surface area contributed by atoms with Crippen LogP contribution in [0.3, 0.4) is 0 Å². The number of nitrogens with two attached hydrogens (primary N) is 1. The predicted octanol–water partition coefficient (Wildman–Crippen LogP) is 1.62. The number of aliphatic carboxylic acids is 2. The Morgan fingerprint density at radius 3 is 2.48 bits per heavy atom. The van der Waals surface area contributed by atoms with E-state index < -0.39 is 47.3 Å². The van der Waals surface area contributed by atoms with Crippen LogP contribution in [-0.4, -0.2) is 39.8 Å². The summed E-state index contributed by atoms with van der Waals surface area (Å²) in [5, 5.41) is 24.3. The van der Waals surface area contributed by atoms with E-state index in [2.05, 4.69) is 10.6 Å². The molecule has 6 N–H and O–H groups in total. The number of rotatable bonds is 4. The second-order valence-electron chi connectivity index (χ2n) is 6.35. The Labute approximate surface area is 152 Å². The van der Waals surface area contributed by atoms with Gasteiger partial charge >= 0.3 is 18.0 Å². The molecule has 2 saturated carbocycles. The van der Waals surface area contributed by atoms with E-state index >= 15 is 0 Å². The third kappa shape index (κ3) is 3.01. The third-order valence-corrected chi connectivity index (χ3v) is 5.42. The first-order valence-corrected chi connectivity index (χ1v) is 8.18. The van der Waals surface area contributed by atoms with Gasteiger partial charge in [0.15, 0.2) is 0 Å². The number of carbonyl (C=O) groups is 3. The minimum atomic E-state index is -1.66. The van der Waals surface area contributed by atoms with E-state index in [4.69, 9.17) is 28.9 Å². The van der Waals surface area contributed by atoms with Gasteiger partial charge in [-0.25, -0.2) is 4.79 Å². The van der Waals surface area contributed by atoms with E-state index in [1.807, 2.05) is 0 Å². The van der Waals surface area contributed by atoms with Gasteiger partial charge in [-0.1, -0.05) is 23.2 Å². The first kappa shape index (κ1) is 17.8. The Morgan fingerprint density at radius 2 is 1.92 bits per heavy atom. The van der Waals surface area contributed by atoms with Crippen LogP contribution in [0.5, 0.6) is 0 Å². The Morgan fingerprint density at radius 1 is 1.24 bits per heavy atom. The Bertz CT molecular complexity index is 774. The topological polar surface area (TPSA) is 142 Å². The molecule has 0 aliphatic heterocycles. The van der Waals surface area contributed by atoms with Crippen molar-refractivity contribution in [2.45, 2.75) is 18.0 Å². The van der Waals surface area contributed by atoms with Gasteiger partial charge in [-0.05, 0) is 30.5 Å². The smallest absolute Gasteiger partial charge is 0.324 e. The van der Waals surface area contributed by atoms with Crippen molar-refractivity contribution >= 4 is 46.9 Å². The second kappa shape index (κ2) is 6.05. The van der Waals surface area contributed by atoms with Crippen LogP contribution < -0.4 is 16.4 Å². The molecule has 3 rings (SSSR count). The highest BCUT2D eigenvalue weighted by Crippen LogP contribution is 2.61. The first-order valence-electron chi connectivity index (χ1n) is 7.43. The van der Waals surface area contributed by atoms with Gasteiger partial charge in [-0.2, -0.15) is 0 Å². The lowest BCUT2D eigenvalue weighted by molar-refractivity contribution is -0.145. The summed E-state index contributed by atoms with van der Waals surface area (Å²) in [6, 6.07) is 3.24. The van der Waals surface area contributed by atoms with Crippen LogP contribution in [-0.2, 0) is 9.59 Å². The van der Waals surface area contributed by atoms with Gasteiger partial charge in [0.1, 0.15) is 5.54 Å². The number of amides is 2. The van der Waals surface area contributed by atoms with Gasteiger partial charge in [0, 0.05) is 17.0 Å². The lowest BCUT2D eigenvalue weighted by Gasteiger charge is -2.25. The quantitative estimate of drug-likeness (QED) is 0.531. The Hall–Kier alpha value is -2.03. The molecule has 0 heterocycles. The molecule has 134 valence electrons.